The van der Waals surface area contributed by atoms with E-state index in [4.69, 9.17) is 9.47 Å². The predicted octanol–water partition coefficient (Wildman–Crippen LogP) is 2.39. The van der Waals surface area contributed by atoms with Gasteiger partial charge in [-0.25, -0.2) is 0 Å². The fourth-order valence-corrected chi connectivity index (χ4v) is 1.89. The molecule has 2 nitrogen and oxygen atoms in total. The Labute approximate surface area is 95.1 Å². The van der Waals surface area contributed by atoms with Crippen LogP contribution in [0, 0.1) is 5.41 Å². The lowest BCUT2D eigenvalue weighted by Crippen LogP contribution is -2.28. The van der Waals surface area contributed by atoms with Crippen molar-refractivity contribution < 1.29 is 9.47 Å². The summed E-state index contributed by atoms with van der Waals surface area (Å²) in [5, 5.41) is 0. The van der Waals surface area contributed by atoms with E-state index < -0.39 is 0 Å². The lowest BCUT2D eigenvalue weighted by atomic mass is 9.85. The summed E-state index contributed by atoms with van der Waals surface area (Å²) in [5.41, 5.74) is 0.302. The molecule has 1 atom stereocenters. The Morgan fingerprint density at radius 1 is 1.40 bits per heavy atom. The second kappa shape index (κ2) is 6.54. The highest BCUT2D eigenvalue weighted by Crippen LogP contribution is 2.25. The minimum atomic E-state index is 0.0691. The molecule has 1 rings (SSSR count). The zero-order valence-corrected chi connectivity index (χ0v) is 10.6. The van der Waals surface area contributed by atoms with E-state index in [0.717, 1.165) is 19.6 Å². The quantitative estimate of drug-likeness (QED) is 0.629. The van der Waals surface area contributed by atoms with E-state index in [1.54, 1.807) is 0 Å². The van der Waals surface area contributed by atoms with Crippen LogP contribution in [0.2, 0.25) is 6.32 Å². The molecule has 1 aliphatic heterocycles. The monoisotopic (exact) mass is 212 g/mol. The maximum absolute atomic E-state index is 5.82. The first-order valence-corrected chi connectivity index (χ1v) is 6.37. The van der Waals surface area contributed by atoms with Gasteiger partial charge in [-0.2, -0.15) is 0 Å². The average Bonchev–Trinajstić information content (AvgIpc) is 2.25. The van der Waals surface area contributed by atoms with Gasteiger partial charge in [0.2, 0.25) is 0 Å². The molecule has 0 saturated carbocycles. The Morgan fingerprint density at radius 2 is 2.20 bits per heavy atom. The van der Waals surface area contributed by atoms with Crippen molar-refractivity contribution in [1.29, 1.82) is 0 Å². The molecule has 3 heteroatoms. The summed E-state index contributed by atoms with van der Waals surface area (Å²) in [6.45, 7) is 6.27. The molecule has 0 bridgehead atoms. The molecular formula is C12H25BO2. The highest BCUT2D eigenvalue weighted by atomic mass is 16.7. The molecule has 1 aliphatic rings. The molecule has 0 aromatic carbocycles. The van der Waals surface area contributed by atoms with Crippen LogP contribution in [0.3, 0.4) is 0 Å². The molecule has 0 N–H and O–H groups in total. The second-order valence-electron chi connectivity index (χ2n) is 5.37. The van der Waals surface area contributed by atoms with Crippen molar-refractivity contribution in [3.63, 3.8) is 0 Å². The lowest BCUT2D eigenvalue weighted by Gasteiger charge is -2.29. The highest BCUT2D eigenvalue weighted by molar-refractivity contribution is 6.08. The van der Waals surface area contributed by atoms with Gasteiger partial charge in [0, 0.05) is 6.61 Å². The smallest absolute Gasteiger partial charge is 0.157 e. The summed E-state index contributed by atoms with van der Waals surface area (Å²) in [4.78, 5) is 0. The average molecular weight is 212 g/mol. The van der Waals surface area contributed by atoms with Crippen molar-refractivity contribution in [2.45, 2.75) is 58.6 Å². The molecule has 0 aromatic rings. The van der Waals surface area contributed by atoms with E-state index in [1.165, 1.54) is 32.0 Å². The van der Waals surface area contributed by atoms with Gasteiger partial charge in [-0.05, 0) is 31.1 Å². The predicted molar refractivity (Wildman–Crippen MR) is 65.9 cm³/mol. The van der Waals surface area contributed by atoms with E-state index in [-0.39, 0.29) is 6.29 Å². The summed E-state index contributed by atoms with van der Waals surface area (Å²) in [6, 6.07) is 0. The first-order valence-electron chi connectivity index (χ1n) is 6.37. The standard InChI is InChI=1S/C12H25BO2/c1-12(2,7-5-8-13)10-15-11-6-3-4-9-14-11/h11H,3-10,13H2,1-2H3. The van der Waals surface area contributed by atoms with Gasteiger partial charge in [-0.15, -0.1) is 0 Å². The Hall–Kier alpha value is -0.0151. The molecule has 0 aromatic heterocycles. The second-order valence-corrected chi connectivity index (χ2v) is 5.37. The van der Waals surface area contributed by atoms with Gasteiger partial charge in [0.25, 0.3) is 0 Å². The Morgan fingerprint density at radius 3 is 2.80 bits per heavy atom. The van der Waals surface area contributed by atoms with Gasteiger partial charge < -0.3 is 9.47 Å². The highest BCUT2D eigenvalue weighted by Gasteiger charge is 2.21. The fraction of sp³-hybridized carbons (Fsp3) is 1.00. The normalized spacial score (nSPS) is 22.9. The molecule has 1 saturated heterocycles. The van der Waals surface area contributed by atoms with E-state index >= 15 is 0 Å². The third-order valence-corrected chi connectivity index (χ3v) is 3.00. The number of ether oxygens (including phenoxy) is 2. The van der Waals surface area contributed by atoms with E-state index in [2.05, 4.69) is 21.7 Å². The van der Waals surface area contributed by atoms with Gasteiger partial charge in [-0.3, -0.25) is 0 Å². The van der Waals surface area contributed by atoms with Crippen LogP contribution in [0.5, 0.6) is 0 Å². The Bertz CT molecular complexity index is 165. The summed E-state index contributed by atoms with van der Waals surface area (Å²) < 4.78 is 11.4. The number of hydrogen-bond acceptors (Lipinski definition) is 2. The third-order valence-electron chi connectivity index (χ3n) is 3.00. The topological polar surface area (TPSA) is 18.5 Å². The van der Waals surface area contributed by atoms with Gasteiger partial charge in [-0.1, -0.05) is 26.6 Å². The van der Waals surface area contributed by atoms with Crippen molar-refractivity contribution in [3.8, 4) is 0 Å². The van der Waals surface area contributed by atoms with Crippen molar-refractivity contribution in [3.05, 3.63) is 0 Å². The third kappa shape index (κ3) is 5.57. The summed E-state index contributed by atoms with van der Waals surface area (Å²) >= 11 is 0. The summed E-state index contributed by atoms with van der Waals surface area (Å²) in [6.07, 6.45) is 7.39. The summed E-state index contributed by atoms with van der Waals surface area (Å²) in [7, 11) is 2.24. The first-order chi connectivity index (χ1) is 7.14. The molecule has 0 spiro atoms. The SMILES string of the molecule is BCCCC(C)(C)COC1CCCCO1. The molecular weight excluding hydrogens is 187 g/mol. The van der Waals surface area contributed by atoms with Crippen LogP contribution in [0.15, 0.2) is 0 Å². The van der Waals surface area contributed by atoms with Crippen LogP contribution in [-0.4, -0.2) is 27.4 Å². The van der Waals surface area contributed by atoms with Crippen molar-refractivity contribution in [1.82, 2.24) is 0 Å². The van der Waals surface area contributed by atoms with Crippen LogP contribution >= 0.6 is 0 Å². The maximum Gasteiger partial charge on any atom is 0.157 e. The molecule has 0 aliphatic carbocycles. The Balaban J connectivity index is 2.15. The molecule has 1 fully saturated rings. The van der Waals surface area contributed by atoms with Gasteiger partial charge in [0.1, 0.15) is 7.85 Å². The van der Waals surface area contributed by atoms with Crippen molar-refractivity contribution in [2.75, 3.05) is 13.2 Å². The molecule has 1 heterocycles. The van der Waals surface area contributed by atoms with E-state index in [9.17, 15) is 0 Å². The largest absolute Gasteiger partial charge is 0.353 e. The van der Waals surface area contributed by atoms with Crippen LogP contribution in [0.25, 0.3) is 0 Å². The molecule has 15 heavy (non-hydrogen) atoms. The summed E-state index contributed by atoms with van der Waals surface area (Å²) in [5.74, 6) is 0. The maximum atomic E-state index is 5.82. The van der Waals surface area contributed by atoms with E-state index in [1.807, 2.05) is 0 Å². The minimum absolute atomic E-state index is 0.0691. The van der Waals surface area contributed by atoms with Crippen molar-refractivity contribution >= 4 is 7.85 Å². The van der Waals surface area contributed by atoms with Gasteiger partial charge in [0.05, 0.1) is 6.61 Å². The van der Waals surface area contributed by atoms with Crippen LogP contribution in [0.1, 0.15) is 46.0 Å². The zero-order chi connectivity index (χ0) is 11.1. The number of rotatable bonds is 6. The van der Waals surface area contributed by atoms with E-state index in [0.29, 0.717) is 5.41 Å². The first kappa shape index (κ1) is 13.1. The van der Waals surface area contributed by atoms with Gasteiger partial charge in [0.15, 0.2) is 6.29 Å². The zero-order valence-electron chi connectivity index (χ0n) is 10.6. The molecule has 88 valence electrons. The van der Waals surface area contributed by atoms with Crippen LogP contribution in [-0.2, 0) is 9.47 Å². The van der Waals surface area contributed by atoms with Crippen LogP contribution < -0.4 is 0 Å². The Kier molecular flexibility index (Phi) is 5.69. The van der Waals surface area contributed by atoms with Crippen molar-refractivity contribution in [2.24, 2.45) is 5.41 Å². The fourth-order valence-electron chi connectivity index (χ4n) is 1.89. The molecule has 0 radical (unpaired) electrons. The molecule has 0 amide bonds. The number of hydrogen-bond donors (Lipinski definition) is 0. The van der Waals surface area contributed by atoms with Crippen LogP contribution in [0.4, 0.5) is 0 Å². The molecule has 1 unspecified atom stereocenters. The van der Waals surface area contributed by atoms with Gasteiger partial charge >= 0.3 is 0 Å². The minimum Gasteiger partial charge on any atom is -0.353 e. The lowest BCUT2D eigenvalue weighted by molar-refractivity contribution is -0.176.